The maximum absolute atomic E-state index is 13.4. The number of methoxy groups -OCH3 is 4. The van der Waals surface area contributed by atoms with E-state index in [9.17, 15) is 52.0 Å². The van der Waals surface area contributed by atoms with E-state index >= 15 is 0 Å². The number of alkyl halides is 6. The van der Waals surface area contributed by atoms with Crippen LogP contribution in [-0.4, -0.2) is 115 Å². The predicted octanol–water partition coefficient (Wildman–Crippen LogP) is 7.68. The van der Waals surface area contributed by atoms with Crippen molar-refractivity contribution in [1.29, 1.82) is 0 Å². The number of aromatic nitrogens is 12. The van der Waals surface area contributed by atoms with Gasteiger partial charge in [0.2, 0.25) is 0 Å². The molecule has 6 heterocycles. The maximum atomic E-state index is 13.4. The highest BCUT2D eigenvalue weighted by Gasteiger charge is 2.35. The fourth-order valence-electron chi connectivity index (χ4n) is 7.50. The molecule has 412 valence electrons. The molecule has 0 bridgehead atoms. The van der Waals surface area contributed by atoms with Gasteiger partial charge in [-0.15, -0.1) is 20.4 Å². The van der Waals surface area contributed by atoms with Gasteiger partial charge in [0.25, 0.3) is 0 Å². The van der Waals surface area contributed by atoms with Gasteiger partial charge in [-0.1, -0.05) is 12.1 Å². The summed E-state index contributed by atoms with van der Waals surface area (Å²) in [5, 5.41) is 14.1. The largest absolute Gasteiger partial charge is 0.494 e. The zero-order valence-electron chi connectivity index (χ0n) is 41.7. The molecule has 2 aromatic carbocycles. The summed E-state index contributed by atoms with van der Waals surface area (Å²) in [5.41, 5.74) is -1.82. The molecule has 8 aromatic rings. The maximum Gasteiger partial charge on any atom is 0.417 e. The van der Waals surface area contributed by atoms with Gasteiger partial charge in [-0.2, -0.15) is 26.3 Å². The van der Waals surface area contributed by atoms with Gasteiger partial charge >= 0.3 is 12.4 Å². The van der Waals surface area contributed by atoms with Crippen LogP contribution < -0.4 is 18.9 Å². The molecule has 0 fully saturated rings. The third-order valence-electron chi connectivity index (χ3n) is 11.5. The molecule has 30 heteroatoms. The fourth-order valence-corrected chi connectivity index (χ4v) is 9.97. The van der Waals surface area contributed by atoms with Gasteiger partial charge in [0.15, 0.2) is 54.6 Å². The molecule has 2 atom stereocenters. The number of halogens is 8. The highest BCUT2D eigenvalue weighted by Crippen LogP contribution is 2.40. The molecule has 0 saturated carbocycles. The third-order valence-corrected chi connectivity index (χ3v) is 15.6. The van der Waals surface area contributed by atoms with Gasteiger partial charge in [0, 0.05) is 48.8 Å². The molecule has 0 amide bonds. The van der Waals surface area contributed by atoms with E-state index in [-0.39, 0.29) is 93.3 Å². The Morgan fingerprint density at radius 3 is 1.12 bits per heavy atom. The normalized spacial score (nSPS) is 12.8. The Balaban J connectivity index is 0.000000226. The van der Waals surface area contributed by atoms with Crippen LogP contribution in [0.2, 0.25) is 0 Å². The van der Waals surface area contributed by atoms with Crippen LogP contribution in [-0.2, 0) is 56.4 Å². The molecule has 0 aliphatic carbocycles. The van der Waals surface area contributed by atoms with Crippen molar-refractivity contribution in [2.75, 3.05) is 28.4 Å². The molecule has 0 N–H and O–H groups in total. The Morgan fingerprint density at radius 1 is 0.500 bits per heavy atom. The van der Waals surface area contributed by atoms with E-state index in [4.69, 9.17) is 18.9 Å². The lowest BCUT2D eigenvalue weighted by Gasteiger charge is -2.18. The van der Waals surface area contributed by atoms with Crippen LogP contribution in [0.15, 0.2) is 98.1 Å². The molecule has 0 saturated heterocycles. The minimum absolute atomic E-state index is 0.0679. The highest BCUT2D eigenvalue weighted by atomic mass is 32.2. The minimum atomic E-state index is -4.68. The standard InChI is InChI=1S/2C24H22F4N6O4S/c2*1-14(7-20-30-11-17(25)12-31-20)39(35,36)13-21-32-33-23(15-8-16(10-29-9-15)24(26,27)28)34(21)22-18(37-2)5-4-6-19(22)38-3/h2*4-6,8-12,14H,7,13H2,1-3H3. The van der Waals surface area contributed by atoms with E-state index in [1.54, 1.807) is 36.4 Å². The van der Waals surface area contributed by atoms with E-state index in [0.717, 1.165) is 49.3 Å². The number of rotatable bonds is 18. The van der Waals surface area contributed by atoms with Crippen LogP contribution in [0.25, 0.3) is 34.2 Å². The van der Waals surface area contributed by atoms with Crippen LogP contribution in [0, 0.1) is 11.6 Å². The SMILES string of the molecule is COc1cccc(OC)c1-n1c(CS(=O)(=O)C(C)Cc2ncc(F)cn2)nnc1-c1cncc(C(F)(F)F)c1.COc1cccc(OC)c1-n1c(CS(=O)(=O)C(C)Cc2ncc(F)cn2)nnc1-c1cncc(C(F)(F)F)c1. The van der Waals surface area contributed by atoms with Crippen LogP contribution in [0.1, 0.15) is 48.3 Å². The summed E-state index contributed by atoms with van der Waals surface area (Å²) < 4.78 is 185. The number of benzene rings is 2. The Hall–Kier alpha value is -8.28. The summed E-state index contributed by atoms with van der Waals surface area (Å²) in [7, 11) is -2.45. The van der Waals surface area contributed by atoms with E-state index in [1.807, 2.05) is 0 Å². The van der Waals surface area contributed by atoms with Gasteiger partial charge in [0.1, 0.15) is 57.5 Å². The molecular weight excluding hydrogens is 1090 g/mol. The summed E-state index contributed by atoms with van der Waals surface area (Å²) in [6, 6.07) is 11.2. The van der Waals surface area contributed by atoms with Crippen molar-refractivity contribution in [3.63, 3.8) is 0 Å². The molecule has 0 radical (unpaired) electrons. The second kappa shape index (κ2) is 23.5. The van der Waals surface area contributed by atoms with Crippen LogP contribution in [0.3, 0.4) is 0 Å². The van der Waals surface area contributed by atoms with Crippen molar-refractivity contribution in [3.05, 3.63) is 144 Å². The van der Waals surface area contributed by atoms with Crippen molar-refractivity contribution in [2.45, 2.75) is 61.0 Å². The third kappa shape index (κ3) is 13.1. The Morgan fingerprint density at radius 2 is 0.821 bits per heavy atom. The molecule has 2 unspecified atom stereocenters. The number of sulfone groups is 2. The van der Waals surface area contributed by atoms with Crippen molar-refractivity contribution >= 4 is 19.7 Å². The monoisotopic (exact) mass is 1130 g/mol. The average molecular weight is 1130 g/mol. The average Bonchev–Trinajstić information content (AvgIpc) is 4.14. The quantitative estimate of drug-likeness (QED) is 0.0748. The van der Waals surface area contributed by atoms with Gasteiger partial charge in [-0.25, -0.2) is 45.6 Å². The van der Waals surface area contributed by atoms with E-state index in [1.165, 1.54) is 51.4 Å². The number of pyridine rings is 2. The molecule has 0 spiro atoms. The van der Waals surface area contributed by atoms with E-state index < -0.39 is 76.8 Å². The van der Waals surface area contributed by atoms with E-state index in [0.29, 0.717) is 12.4 Å². The van der Waals surface area contributed by atoms with E-state index in [2.05, 4.69) is 50.3 Å². The highest BCUT2D eigenvalue weighted by molar-refractivity contribution is 7.91. The van der Waals surface area contributed by atoms with Crippen LogP contribution in [0.5, 0.6) is 23.0 Å². The summed E-state index contributed by atoms with van der Waals surface area (Å²) in [4.78, 5) is 22.6. The number of hydrogen-bond acceptors (Lipinski definition) is 18. The van der Waals surface area contributed by atoms with Crippen LogP contribution >= 0.6 is 0 Å². The molecule has 8 rings (SSSR count). The van der Waals surface area contributed by atoms with Gasteiger partial charge < -0.3 is 18.9 Å². The topological polar surface area (TPSA) is 244 Å². The molecule has 0 aliphatic heterocycles. The van der Waals surface area contributed by atoms with Gasteiger partial charge in [-0.3, -0.25) is 19.1 Å². The first kappa shape index (κ1) is 57.4. The Kier molecular flexibility index (Phi) is 17.3. The van der Waals surface area contributed by atoms with Crippen molar-refractivity contribution in [2.24, 2.45) is 0 Å². The first-order chi connectivity index (χ1) is 36.9. The Labute approximate surface area is 439 Å². The first-order valence-electron chi connectivity index (χ1n) is 22.6. The minimum Gasteiger partial charge on any atom is -0.494 e. The van der Waals surface area contributed by atoms with Gasteiger partial charge in [0.05, 0.1) is 74.9 Å². The molecule has 78 heavy (non-hydrogen) atoms. The predicted molar refractivity (Wildman–Crippen MR) is 261 cm³/mol. The second-order valence-corrected chi connectivity index (χ2v) is 21.6. The first-order valence-corrected chi connectivity index (χ1v) is 26.0. The Bertz CT molecular complexity index is 3350. The van der Waals surface area contributed by atoms with Gasteiger partial charge in [-0.05, 0) is 50.2 Å². The number of ether oxygens (including phenoxy) is 4. The zero-order valence-corrected chi connectivity index (χ0v) is 43.3. The van der Waals surface area contributed by atoms with Crippen LogP contribution in [0.4, 0.5) is 35.1 Å². The zero-order chi connectivity index (χ0) is 56.7. The summed E-state index contributed by atoms with van der Waals surface area (Å²) in [5.74, 6) is -1.96. The number of hydrogen-bond donors (Lipinski definition) is 0. The smallest absolute Gasteiger partial charge is 0.417 e. The van der Waals surface area contributed by atoms with Crippen molar-refractivity contribution < 1.29 is 70.9 Å². The van der Waals surface area contributed by atoms with Crippen molar-refractivity contribution in [1.82, 2.24) is 59.4 Å². The molecule has 20 nitrogen and oxygen atoms in total. The second-order valence-electron chi connectivity index (χ2n) is 16.8. The fraction of sp³-hybridized carbons (Fsp3) is 0.292. The summed E-state index contributed by atoms with van der Waals surface area (Å²) in [6.45, 7) is 2.87. The lowest BCUT2D eigenvalue weighted by molar-refractivity contribution is -0.138. The lowest BCUT2D eigenvalue weighted by atomic mass is 10.1. The molecule has 0 aliphatic rings. The van der Waals surface area contributed by atoms with Crippen molar-refractivity contribution in [3.8, 4) is 57.1 Å². The summed E-state index contributed by atoms with van der Waals surface area (Å²) in [6.07, 6.45) is -2.21. The lowest BCUT2D eigenvalue weighted by Crippen LogP contribution is -2.24. The molecular formula is C48H44F8N12O8S2. The molecule has 6 aromatic heterocycles. The number of nitrogens with zero attached hydrogens (tertiary/aromatic N) is 12. The summed E-state index contributed by atoms with van der Waals surface area (Å²) >= 11 is 0. The number of para-hydroxylation sites is 2.